The maximum Gasteiger partial charge on any atom is 0.135 e. The van der Waals surface area contributed by atoms with E-state index in [4.69, 9.17) is 4.74 Å². The van der Waals surface area contributed by atoms with Crippen molar-refractivity contribution in [1.82, 2.24) is 9.13 Å². The molecule has 228 valence electrons. The van der Waals surface area contributed by atoms with Gasteiger partial charge < -0.3 is 13.9 Å². The molecule has 3 nitrogen and oxygen atoms in total. The maximum atomic E-state index is 6.67. The molecule has 0 unspecified atom stereocenters. The second-order valence-electron chi connectivity index (χ2n) is 12.9. The van der Waals surface area contributed by atoms with Crippen LogP contribution in [0.2, 0.25) is 0 Å². The first-order valence-electron chi connectivity index (χ1n) is 16.8. The minimum atomic E-state index is 0.880. The van der Waals surface area contributed by atoms with Crippen molar-refractivity contribution in [2.24, 2.45) is 0 Å². The third-order valence-corrected chi connectivity index (χ3v) is 10.3. The molecule has 1 aliphatic rings. The summed E-state index contributed by atoms with van der Waals surface area (Å²) in [6.45, 7) is 0. The predicted molar refractivity (Wildman–Crippen MR) is 204 cm³/mol. The van der Waals surface area contributed by atoms with Crippen molar-refractivity contribution < 1.29 is 4.74 Å². The molecule has 10 aromatic rings. The summed E-state index contributed by atoms with van der Waals surface area (Å²) in [5, 5.41) is 7.37. The minimum Gasteiger partial charge on any atom is -0.456 e. The van der Waals surface area contributed by atoms with Crippen molar-refractivity contribution in [3.63, 3.8) is 0 Å². The van der Waals surface area contributed by atoms with Crippen molar-refractivity contribution in [2.45, 2.75) is 0 Å². The second-order valence-corrected chi connectivity index (χ2v) is 12.9. The van der Waals surface area contributed by atoms with Crippen LogP contribution in [0.1, 0.15) is 0 Å². The zero-order valence-corrected chi connectivity index (χ0v) is 26.5. The number of ether oxygens (including phenoxy) is 1. The van der Waals surface area contributed by atoms with E-state index in [0.717, 1.165) is 39.4 Å². The van der Waals surface area contributed by atoms with Crippen molar-refractivity contribution in [3.05, 3.63) is 170 Å². The highest BCUT2D eigenvalue weighted by Crippen LogP contribution is 2.51. The Morgan fingerprint density at radius 2 is 0.918 bits per heavy atom. The Morgan fingerprint density at radius 1 is 0.327 bits per heavy atom. The topological polar surface area (TPSA) is 19.1 Å². The van der Waals surface area contributed by atoms with Crippen LogP contribution in [-0.2, 0) is 0 Å². The number of benzene rings is 8. The molecule has 0 spiro atoms. The van der Waals surface area contributed by atoms with Crippen LogP contribution >= 0.6 is 0 Å². The van der Waals surface area contributed by atoms with Crippen LogP contribution in [0.4, 0.5) is 0 Å². The number of rotatable bonds is 3. The Balaban J connectivity index is 1.17. The lowest BCUT2D eigenvalue weighted by Gasteiger charge is -2.23. The fourth-order valence-corrected chi connectivity index (χ4v) is 8.19. The van der Waals surface area contributed by atoms with E-state index in [9.17, 15) is 0 Å². The van der Waals surface area contributed by atoms with Gasteiger partial charge in [-0.1, -0.05) is 103 Å². The Labute approximate surface area is 282 Å². The van der Waals surface area contributed by atoms with E-state index in [1.54, 1.807) is 0 Å². The largest absolute Gasteiger partial charge is 0.456 e. The van der Waals surface area contributed by atoms with Crippen LogP contribution < -0.4 is 4.74 Å². The average Bonchev–Trinajstić information content (AvgIpc) is 3.68. The SMILES string of the molecule is c1ccc(-n2c3ccccc3c3ccc(-c4ccc5c(c4)-c4cc6c(c7cccc(c47)O5)c4ccccc4n6-c4ccccc4)cc32)cc1. The quantitative estimate of drug-likeness (QED) is 0.191. The van der Waals surface area contributed by atoms with E-state index in [-0.39, 0.29) is 0 Å². The van der Waals surface area contributed by atoms with Gasteiger partial charge in [0.1, 0.15) is 11.5 Å². The summed E-state index contributed by atoms with van der Waals surface area (Å²) in [5.74, 6) is 1.78. The molecule has 11 rings (SSSR count). The summed E-state index contributed by atoms with van der Waals surface area (Å²) >= 11 is 0. The van der Waals surface area contributed by atoms with Crippen molar-refractivity contribution in [2.75, 3.05) is 0 Å². The summed E-state index contributed by atoms with van der Waals surface area (Å²) in [4.78, 5) is 0. The molecule has 49 heavy (non-hydrogen) atoms. The zero-order valence-electron chi connectivity index (χ0n) is 26.5. The molecule has 0 saturated carbocycles. The summed E-state index contributed by atoms with van der Waals surface area (Å²) < 4.78 is 11.5. The molecule has 0 N–H and O–H groups in total. The molecule has 0 amide bonds. The van der Waals surface area contributed by atoms with Crippen LogP contribution in [0.25, 0.3) is 88.0 Å². The number of fused-ring (bicyclic) bond motifs is 9. The second kappa shape index (κ2) is 9.96. The van der Waals surface area contributed by atoms with Gasteiger partial charge in [0.05, 0.1) is 22.1 Å². The van der Waals surface area contributed by atoms with E-state index in [1.165, 1.54) is 60.1 Å². The van der Waals surface area contributed by atoms with Gasteiger partial charge in [-0.2, -0.15) is 0 Å². The minimum absolute atomic E-state index is 0.880. The molecule has 0 atom stereocenters. The van der Waals surface area contributed by atoms with Crippen molar-refractivity contribution >= 4 is 54.4 Å². The highest BCUT2D eigenvalue weighted by Gasteiger charge is 2.25. The molecule has 0 saturated heterocycles. The van der Waals surface area contributed by atoms with E-state index in [1.807, 2.05) is 0 Å². The highest BCUT2D eigenvalue weighted by atomic mass is 16.5. The standard InChI is InChI=1S/C46H28N2O/c1-3-12-31(13-4-1)47-39-19-9-7-16-33(39)34-24-22-30(27-41(34)47)29-23-25-43-37(26-29)38-28-42-45(36-18-11-21-44(49-43)46(36)38)35-17-8-10-20-40(35)48(42)32-14-5-2-6-15-32/h1-28H. The summed E-state index contributed by atoms with van der Waals surface area (Å²) in [6, 6.07) is 61.2. The van der Waals surface area contributed by atoms with Crippen LogP contribution in [-0.4, -0.2) is 9.13 Å². The lowest BCUT2D eigenvalue weighted by Crippen LogP contribution is -1.99. The first-order chi connectivity index (χ1) is 24.3. The Hall–Kier alpha value is -6.58. The summed E-state index contributed by atoms with van der Waals surface area (Å²) in [5.41, 5.74) is 11.7. The normalized spacial score (nSPS) is 12.2. The van der Waals surface area contributed by atoms with Gasteiger partial charge in [-0.15, -0.1) is 0 Å². The number of hydrogen-bond donors (Lipinski definition) is 0. The van der Waals surface area contributed by atoms with Gasteiger partial charge >= 0.3 is 0 Å². The van der Waals surface area contributed by atoms with Gasteiger partial charge in [0, 0.05) is 43.9 Å². The van der Waals surface area contributed by atoms with E-state index in [2.05, 4.69) is 179 Å². The number of nitrogens with zero attached hydrogens (tertiary/aromatic N) is 2. The fourth-order valence-electron chi connectivity index (χ4n) is 8.19. The third-order valence-electron chi connectivity index (χ3n) is 10.3. The molecule has 0 fully saturated rings. The van der Waals surface area contributed by atoms with E-state index >= 15 is 0 Å². The zero-order chi connectivity index (χ0) is 32.1. The maximum absolute atomic E-state index is 6.67. The Morgan fingerprint density at radius 3 is 1.69 bits per heavy atom. The molecular formula is C46H28N2O. The number of para-hydroxylation sites is 4. The van der Waals surface area contributed by atoms with E-state index in [0.29, 0.717) is 0 Å². The summed E-state index contributed by atoms with van der Waals surface area (Å²) in [6.07, 6.45) is 0. The molecule has 0 bridgehead atoms. The Bertz CT molecular complexity index is 2950. The molecule has 3 heterocycles. The molecule has 0 radical (unpaired) electrons. The highest BCUT2D eigenvalue weighted by molar-refractivity contribution is 6.26. The van der Waals surface area contributed by atoms with Crippen molar-refractivity contribution in [3.8, 4) is 45.1 Å². The lowest BCUT2D eigenvalue weighted by molar-refractivity contribution is 0.487. The monoisotopic (exact) mass is 624 g/mol. The first kappa shape index (κ1) is 26.5. The first-order valence-corrected chi connectivity index (χ1v) is 16.8. The molecular weight excluding hydrogens is 597 g/mol. The molecule has 8 aromatic carbocycles. The van der Waals surface area contributed by atoms with E-state index < -0.39 is 0 Å². The van der Waals surface area contributed by atoms with Gasteiger partial charge in [-0.25, -0.2) is 0 Å². The van der Waals surface area contributed by atoms with Crippen LogP contribution in [0.3, 0.4) is 0 Å². The average molecular weight is 625 g/mol. The smallest absolute Gasteiger partial charge is 0.135 e. The van der Waals surface area contributed by atoms with Crippen LogP contribution in [0, 0.1) is 0 Å². The van der Waals surface area contributed by atoms with Gasteiger partial charge in [0.2, 0.25) is 0 Å². The molecule has 0 aliphatic carbocycles. The van der Waals surface area contributed by atoms with Crippen LogP contribution in [0.5, 0.6) is 11.5 Å². The van der Waals surface area contributed by atoms with Crippen molar-refractivity contribution in [1.29, 1.82) is 0 Å². The fraction of sp³-hybridized carbons (Fsp3) is 0. The van der Waals surface area contributed by atoms with Crippen LogP contribution in [0.15, 0.2) is 170 Å². The lowest BCUT2D eigenvalue weighted by atomic mass is 9.90. The van der Waals surface area contributed by atoms with Gasteiger partial charge in [-0.3, -0.25) is 0 Å². The predicted octanol–water partition coefficient (Wildman–Crippen LogP) is 12.5. The molecule has 2 aromatic heterocycles. The number of hydrogen-bond acceptors (Lipinski definition) is 1. The molecule has 1 aliphatic heterocycles. The Kier molecular flexibility index (Phi) is 5.38. The molecule has 3 heteroatoms. The van der Waals surface area contributed by atoms with Gasteiger partial charge in [0.15, 0.2) is 0 Å². The third kappa shape index (κ3) is 3.73. The summed E-state index contributed by atoms with van der Waals surface area (Å²) in [7, 11) is 0. The van der Waals surface area contributed by atoms with Gasteiger partial charge in [-0.05, 0) is 88.8 Å². The van der Waals surface area contributed by atoms with Gasteiger partial charge in [0.25, 0.3) is 0 Å². The number of aromatic nitrogens is 2.